The van der Waals surface area contributed by atoms with Crippen molar-refractivity contribution in [3.8, 4) is 0 Å². The van der Waals surface area contributed by atoms with Crippen LogP contribution in [0.2, 0.25) is 0 Å². The van der Waals surface area contributed by atoms with Gasteiger partial charge in [-0.1, -0.05) is 0 Å². The highest BCUT2D eigenvalue weighted by Crippen LogP contribution is 2.11. The van der Waals surface area contributed by atoms with Crippen molar-refractivity contribution < 1.29 is 8.78 Å². The molecule has 1 unspecified atom stereocenters. The van der Waals surface area contributed by atoms with Crippen LogP contribution in [0.25, 0.3) is 0 Å². The Morgan fingerprint density at radius 3 is 2.31 bits per heavy atom. The van der Waals surface area contributed by atoms with Gasteiger partial charge in [0.1, 0.15) is 11.6 Å². The van der Waals surface area contributed by atoms with Crippen LogP contribution in [0.3, 0.4) is 0 Å². The minimum Gasteiger partial charge on any atom is -0.323 e. The van der Waals surface area contributed by atoms with Crippen LogP contribution >= 0.6 is 24.8 Å². The fourth-order valence-electron chi connectivity index (χ4n) is 0.760. The van der Waals surface area contributed by atoms with Crippen LogP contribution in [0.15, 0.2) is 12.3 Å². The molecule has 2 N–H and O–H groups in total. The molecule has 0 bridgehead atoms. The monoisotopic (exact) mass is 230 g/mol. The summed E-state index contributed by atoms with van der Waals surface area (Å²) in [7, 11) is 0. The van der Waals surface area contributed by atoms with Gasteiger partial charge >= 0.3 is 0 Å². The Hall–Kier alpha value is -0.450. The zero-order chi connectivity index (χ0) is 8.43. The van der Waals surface area contributed by atoms with Crippen LogP contribution in [0.1, 0.15) is 18.7 Å². The third-order valence-corrected chi connectivity index (χ3v) is 1.27. The summed E-state index contributed by atoms with van der Waals surface area (Å²) >= 11 is 0. The molecule has 1 rings (SSSR count). The van der Waals surface area contributed by atoms with E-state index in [9.17, 15) is 8.78 Å². The molecule has 0 aliphatic rings. The lowest BCUT2D eigenvalue weighted by molar-refractivity contribution is 0.545. The van der Waals surface area contributed by atoms with Gasteiger partial charge in [-0.15, -0.1) is 24.8 Å². The van der Waals surface area contributed by atoms with Crippen LogP contribution in [-0.2, 0) is 0 Å². The van der Waals surface area contributed by atoms with Crippen LogP contribution in [0, 0.1) is 11.6 Å². The number of halogens is 4. The molecule has 1 heterocycles. The highest BCUT2D eigenvalue weighted by atomic mass is 35.5. The van der Waals surface area contributed by atoms with Gasteiger partial charge in [0.25, 0.3) is 0 Å². The van der Waals surface area contributed by atoms with Crippen LogP contribution in [0.5, 0.6) is 0 Å². The molecule has 0 aliphatic heterocycles. The van der Waals surface area contributed by atoms with Gasteiger partial charge in [-0.25, -0.2) is 8.78 Å². The molecule has 0 saturated heterocycles. The molecule has 76 valence electrons. The second kappa shape index (κ2) is 6.07. The molecule has 0 radical (unpaired) electrons. The van der Waals surface area contributed by atoms with Gasteiger partial charge in [0.05, 0.1) is 11.9 Å². The topological polar surface area (TPSA) is 38.9 Å². The normalized spacial score (nSPS) is 11.1. The summed E-state index contributed by atoms with van der Waals surface area (Å²) in [4.78, 5) is 3.50. The number of nitrogens with zero attached hydrogens (tertiary/aromatic N) is 1. The largest absolute Gasteiger partial charge is 0.323 e. The summed E-state index contributed by atoms with van der Waals surface area (Å²) in [5.74, 6) is -1.38. The quantitative estimate of drug-likeness (QED) is 0.804. The van der Waals surface area contributed by atoms with E-state index in [0.29, 0.717) is 0 Å². The fourth-order valence-corrected chi connectivity index (χ4v) is 0.760. The number of hydrogen-bond donors (Lipinski definition) is 1. The average molecular weight is 231 g/mol. The first-order valence-electron chi connectivity index (χ1n) is 3.18. The second-order valence-corrected chi connectivity index (χ2v) is 2.31. The molecule has 0 spiro atoms. The predicted molar refractivity (Wildman–Crippen MR) is 51.3 cm³/mol. The van der Waals surface area contributed by atoms with Crippen molar-refractivity contribution >= 4 is 24.8 Å². The average Bonchev–Trinajstić information content (AvgIpc) is 1.85. The summed E-state index contributed by atoms with van der Waals surface area (Å²) in [6, 6.07) is 0.265. The van der Waals surface area contributed by atoms with Crippen LogP contribution in [0.4, 0.5) is 8.78 Å². The van der Waals surface area contributed by atoms with E-state index >= 15 is 0 Å². The lowest BCUT2D eigenvalue weighted by Gasteiger charge is -2.04. The molecule has 0 aromatic carbocycles. The molecule has 6 heteroatoms. The van der Waals surface area contributed by atoms with E-state index < -0.39 is 17.7 Å². The molecule has 13 heavy (non-hydrogen) atoms. The predicted octanol–water partition coefficient (Wildman–Crippen LogP) is 2.22. The first-order valence-corrected chi connectivity index (χ1v) is 3.18. The van der Waals surface area contributed by atoms with E-state index in [1.165, 1.54) is 0 Å². The van der Waals surface area contributed by atoms with E-state index in [1.54, 1.807) is 6.92 Å². The van der Waals surface area contributed by atoms with Gasteiger partial charge in [-0.2, -0.15) is 0 Å². The maximum absolute atomic E-state index is 12.7. The van der Waals surface area contributed by atoms with Crippen molar-refractivity contribution in [1.82, 2.24) is 4.98 Å². The summed E-state index contributed by atoms with van der Waals surface area (Å²) in [6.07, 6.45) is 0.946. The van der Waals surface area contributed by atoms with Gasteiger partial charge in [-0.05, 0) is 6.92 Å². The summed E-state index contributed by atoms with van der Waals surface area (Å²) in [6.45, 7) is 1.59. The Labute approximate surface area is 87.4 Å². The Morgan fingerprint density at radius 2 is 1.92 bits per heavy atom. The Kier molecular flexibility index (Phi) is 7.03. The maximum Gasteiger partial charge on any atom is 0.149 e. The zero-order valence-corrected chi connectivity index (χ0v) is 8.46. The first kappa shape index (κ1) is 15.0. The lowest BCUT2D eigenvalue weighted by Crippen LogP contribution is -2.09. The van der Waals surface area contributed by atoms with Crippen molar-refractivity contribution in [1.29, 1.82) is 0 Å². The number of pyridine rings is 1. The van der Waals surface area contributed by atoms with Gasteiger partial charge in [-0.3, -0.25) is 4.98 Å². The molecule has 1 aromatic heterocycles. The molecular formula is C7H10Cl2F2N2. The summed E-state index contributed by atoms with van der Waals surface area (Å²) in [5.41, 5.74) is 5.43. The highest BCUT2D eigenvalue weighted by Gasteiger charge is 2.08. The third kappa shape index (κ3) is 3.85. The molecule has 1 aromatic rings. The van der Waals surface area contributed by atoms with Crippen molar-refractivity contribution in [3.05, 3.63) is 29.6 Å². The van der Waals surface area contributed by atoms with E-state index in [0.717, 1.165) is 12.3 Å². The van der Waals surface area contributed by atoms with Gasteiger partial charge in [0.2, 0.25) is 0 Å². The molecular weight excluding hydrogens is 221 g/mol. The summed E-state index contributed by atoms with van der Waals surface area (Å²) in [5, 5.41) is 0. The third-order valence-electron chi connectivity index (χ3n) is 1.27. The molecule has 1 atom stereocenters. The standard InChI is InChI=1S/C7H8F2N2.2ClH/c1-4(10)7-6(9)2-5(8)3-11-7;;/h2-4H,10H2,1H3;2*1H. The van der Waals surface area contributed by atoms with Crippen molar-refractivity contribution in [2.24, 2.45) is 5.73 Å². The Bertz CT molecular complexity index is 269. The zero-order valence-electron chi connectivity index (χ0n) is 6.83. The van der Waals surface area contributed by atoms with Gasteiger partial charge in [0.15, 0.2) is 0 Å². The molecule has 0 saturated carbocycles. The maximum atomic E-state index is 12.7. The first-order chi connectivity index (χ1) is 5.11. The second-order valence-electron chi connectivity index (χ2n) is 2.31. The number of aromatic nitrogens is 1. The smallest absolute Gasteiger partial charge is 0.149 e. The highest BCUT2D eigenvalue weighted by molar-refractivity contribution is 5.85. The number of hydrogen-bond acceptors (Lipinski definition) is 2. The fraction of sp³-hybridized carbons (Fsp3) is 0.286. The van der Waals surface area contributed by atoms with Crippen molar-refractivity contribution in [2.45, 2.75) is 13.0 Å². The van der Waals surface area contributed by atoms with Crippen LogP contribution in [-0.4, -0.2) is 4.98 Å². The summed E-state index contributed by atoms with van der Waals surface area (Å²) < 4.78 is 25.0. The number of nitrogens with two attached hydrogens (primary N) is 1. The van der Waals surface area contributed by atoms with E-state index in [-0.39, 0.29) is 30.5 Å². The molecule has 0 amide bonds. The number of rotatable bonds is 1. The van der Waals surface area contributed by atoms with E-state index in [4.69, 9.17) is 5.73 Å². The van der Waals surface area contributed by atoms with E-state index in [1.807, 2.05) is 0 Å². The lowest BCUT2D eigenvalue weighted by atomic mass is 10.2. The van der Waals surface area contributed by atoms with Gasteiger partial charge in [0, 0.05) is 12.1 Å². The van der Waals surface area contributed by atoms with Crippen LogP contribution < -0.4 is 5.73 Å². The van der Waals surface area contributed by atoms with Crippen molar-refractivity contribution in [2.75, 3.05) is 0 Å². The van der Waals surface area contributed by atoms with E-state index in [2.05, 4.69) is 4.98 Å². The van der Waals surface area contributed by atoms with Gasteiger partial charge < -0.3 is 5.73 Å². The Balaban J connectivity index is 0. The van der Waals surface area contributed by atoms with Crippen molar-refractivity contribution in [3.63, 3.8) is 0 Å². The molecule has 0 fully saturated rings. The SMILES string of the molecule is CC(N)c1ncc(F)cc1F.Cl.Cl. The molecule has 0 aliphatic carbocycles. The minimum absolute atomic E-state index is 0. The Morgan fingerprint density at radius 1 is 1.38 bits per heavy atom. The molecule has 2 nitrogen and oxygen atoms in total. The minimum atomic E-state index is -0.694.